The van der Waals surface area contributed by atoms with Crippen molar-refractivity contribution in [3.63, 3.8) is 0 Å². The van der Waals surface area contributed by atoms with E-state index in [0.29, 0.717) is 0 Å². The van der Waals surface area contributed by atoms with Crippen LogP contribution in [0, 0.1) is 0 Å². The molecule has 3 aromatic rings. The van der Waals surface area contributed by atoms with E-state index in [1.807, 2.05) is 91.0 Å². The molecule has 0 bridgehead atoms. The van der Waals surface area contributed by atoms with Crippen molar-refractivity contribution < 1.29 is 4.57 Å². The Hall–Kier alpha value is -2.83. The summed E-state index contributed by atoms with van der Waals surface area (Å²) in [7, 11) is -3.30. The van der Waals surface area contributed by atoms with E-state index in [9.17, 15) is 4.57 Å². The van der Waals surface area contributed by atoms with E-state index in [4.69, 9.17) is 0 Å². The summed E-state index contributed by atoms with van der Waals surface area (Å²) in [5.41, 5.74) is 11.2. The van der Waals surface area contributed by atoms with Gasteiger partial charge in [0, 0.05) is 17.1 Å². The van der Waals surface area contributed by atoms with Crippen molar-refractivity contribution >= 4 is 24.7 Å². The molecule has 0 saturated heterocycles. The second-order valence-corrected chi connectivity index (χ2v) is 7.31. The largest absolute Gasteiger partial charge is 0.330 e. The predicted octanol–water partition coefficient (Wildman–Crippen LogP) is 3.94. The maximum Gasteiger partial charge on any atom is 0.330 e. The first kappa shape index (κ1) is 18.0. The molecule has 3 rings (SSSR count). The number of hydrazine groups is 3. The highest BCUT2D eigenvalue weighted by Crippen LogP contribution is 2.30. The summed E-state index contributed by atoms with van der Waals surface area (Å²) in [6.07, 6.45) is 0. The van der Waals surface area contributed by atoms with E-state index < -0.39 is 7.59 Å². The topological polar surface area (TPSA) is 89.2 Å². The lowest BCUT2D eigenvalue weighted by Crippen LogP contribution is -2.39. The summed E-state index contributed by atoms with van der Waals surface area (Å²) in [6.45, 7) is 0. The van der Waals surface area contributed by atoms with Crippen LogP contribution in [0.25, 0.3) is 0 Å². The molecule has 0 amide bonds. The first-order chi connectivity index (χ1) is 12.7. The standard InChI is InChI=1S/C18H21N6OP/c25-26(22-19-16-10-4-1-5-11-16,23-20-17-12-6-2-7-13-17)24-21-18-14-8-3-9-15-18/h1-15,19-21H,(H3,22,23,24,25). The number of benzene rings is 3. The normalized spacial score (nSPS) is 10.9. The molecule has 7 nitrogen and oxygen atoms in total. The number of rotatable bonds is 9. The van der Waals surface area contributed by atoms with Crippen LogP contribution in [0.3, 0.4) is 0 Å². The van der Waals surface area contributed by atoms with Crippen molar-refractivity contribution in [1.82, 2.24) is 15.6 Å². The average Bonchev–Trinajstić information content (AvgIpc) is 2.72. The molecule has 0 saturated carbocycles. The second-order valence-electron chi connectivity index (χ2n) is 5.42. The molecule has 0 heterocycles. The molecule has 0 radical (unpaired) electrons. The van der Waals surface area contributed by atoms with Gasteiger partial charge in [-0.15, -0.1) is 0 Å². The zero-order valence-electron chi connectivity index (χ0n) is 14.0. The van der Waals surface area contributed by atoms with E-state index in [-0.39, 0.29) is 0 Å². The Morgan fingerprint density at radius 1 is 0.462 bits per heavy atom. The monoisotopic (exact) mass is 368 g/mol. The molecule has 8 heteroatoms. The van der Waals surface area contributed by atoms with Gasteiger partial charge in [0.05, 0.1) is 0 Å². The summed E-state index contributed by atoms with van der Waals surface area (Å²) in [4.78, 5) is 0. The molecular formula is C18H21N6OP. The van der Waals surface area contributed by atoms with Crippen LogP contribution < -0.4 is 31.9 Å². The number of anilines is 3. The fraction of sp³-hybridized carbons (Fsp3) is 0. The molecule has 0 spiro atoms. The first-order valence-electron chi connectivity index (χ1n) is 8.09. The molecule has 26 heavy (non-hydrogen) atoms. The van der Waals surface area contributed by atoms with Gasteiger partial charge in [0.2, 0.25) is 0 Å². The Morgan fingerprint density at radius 2 is 0.731 bits per heavy atom. The van der Waals surface area contributed by atoms with Crippen LogP contribution in [0.2, 0.25) is 0 Å². The average molecular weight is 368 g/mol. The minimum absolute atomic E-state index is 0.788. The lowest BCUT2D eigenvalue weighted by Gasteiger charge is -2.24. The summed E-state index contributed by atoms with van der Waals surface area (Å²) in [5, 5.41) is 8.43. The Balaban J connectivity index is 1.65. The minimum Gasteiger partial charge on any atom is -0.314 e. The zero-order valence-corrected chi connectivity index (χ0v) is 14.9. The molecule has 134 valence electrons. The summed E-state index contributed by atoms with van der Waals surface area (Å²) in [6, 6.07) is 28.3. The highest BCUT2D eigenvalue weighted by molar-refractivity contribution is 7.57. The molecular weight excluding hydrogens is 347 g/mol. The molecule has 0 aliphatic heterocycles. The highest BCUT2D eigenvalue weighted by atomic mass is 31.2. The molecule has 3 aromatic carbocycles. The molecule has 0 aliphatic carbocycles. The van der Waals surface area contributed by atoms with Gasteiger partial charge in [-0.2, -0.15) is 15.6 Å². The lowest BCUT2D eigenvalue weighted by molar-refractivity contribution is 0.554. The fourth-order valence-electron chi connectivity index (χ4n) is 2.08. The van der Waals surface area contributed by atoms with Gasteiger partial charge in [-0.1, -0.05) is 54.6 Å². The number of nitrogens with one attached hydrogen (secondary N) is 6. The van der Waals surface area contributed by atoms with Gasteiger partial charge in [0.25, 0.3) is 0 Å². The van der Waals surface area contributed by atoms with E-state index >= 15 is 0 Å². The number of hydrogen-bond acceptors (Lipinski definition) is 4. The highest BCUT2D eigenvalue weighted by Gasteiger charge is 2.21. The Morgan fingerprint density at radius 3 is 1.00 bits per heavy atom. The predicted molar refractivity (Wildman–Crippen MR) is 107 cm³/mol. The van der Waals surface area contributed by atoms with Crippen LogP contribution in [0.1, 0.15) is 0 Å². The van der Waals surface area contributed by atoms with Crippen molar-refractivity contribution in [1.29, 1.82) is 0 Å². The number of para-hydroxylation sites is 3. The molecule has 0 aliphatic rings. The van der Waals surface area contributed by atoms with Gasteiger partial charge in [0.1, 0.15) is 0 Å². The van der Waals surface area contributed by atoms with Gasteiger partial charge in [0.15, 0.2) is 0 Å². The lowest BCUT2D eigenvalue weighted by atomic mass is 10.3. The van der Waals surface area contributed by atoms with E-state index in [1.165, 1.54) is 0 Å². The maximum absolute atomic E-state index is 13.2. The zero-order chi connectivity index (χ0) is 18.1. The fourth-order valence-corrected chi connectivity index (χ4v) is 3.11. The van der Waals surface area contributed by atoms with Crippen molar-refractivity contribution in [2.24, 2.45) is 0 Å². The van der Waals surface area contributed by atoms with Crippen molar-refractivity contribution in [3.05, 3.63) is 91.0 Å². The molecule has 0 atom stereocenters. The third-order valence-electron chi connectivity index (χ3n) is 3.39. The molecule has 0 aromatic heterocycles. The smallest absolute Gasteiger partial charge is 0.314 e. The Bertz CT molecular complexity index is 719. The Labute approximate surface area is 152 Å². The summed E-state index contributed by atoms with van der Waals surface area (Å²) >= 11 is 0. The van der Waals surface area contributed by atoms with Crippen molar-refractivity contribution in [2.45, 2.75) is 0 Å². The Kier molecular flexibility index (Phi) is 6.24. The quantitative estimate of drug-likeness (QED) is 0.252. The SMILES string of the molecule is O=P(NNc1ccccc1)(NNc1ccccc1)NNc1ccccc1. The van der Waals surface area contributed by atoms with Gasteiger partial charge in [-0.3, -0.25) is 4.57 Å². The van der Waals surface area contributed by atoms with Crippen LogP contribution in [0.15, 0.2) is 91.0 Å². The number of hydrogen-bond donors (Lipinski definition) is 6. The van der Waals surface area contributed by atoms with Gasteiger partial charge in [-0.25, -0.2) is 0 Å². The van der Waals surface area contributed by atoms with Crippen LogP contribution in [-0.4, -0.2) is 0 Å². The minimum atomic E-state index is -3.30. The summed E-state index contributed by atoms with van der Waals surface area (Å²) in [5.74, 6) is 0. The second kappa shape index (κ2) is 9.03. The summed E-state index contributed by atoms with van der Waals surface area (Å²) < 4.78 is 13.2. The maximum atomic E-state index is 13.2. The van der Waals surface area contributed by atoms with E-state index in [0.717, 1.165) is 17.1 Å². The van der Waals surface area contributed by atoms with E-state index in [2.05, 4.69) is 31.9 Å². The van der Waals surface area contributed by atoms with E-state index in [1.54, 1.807) is 0 Å². The third-order valence-corrected chi connectivity index (χ3v) is 4.67. The van der Waals surface area contributed by atoms with Crippen LogP contribution >= 0.6 is 7.59 Å². The van der Waals surface area contributed by atoms with Crippen molar-refractivity contribution in [3.8, 4) is 0 Å². The van der Waals surface area contributed by atoms with Gasteiger partial charge >= 0.3 is 7.59 Å². The molecule has 6 N–H and O–H groups in total. The van der Waals surface area contributed by atoms with Crippen molar-refractivity contribution in [2.75, 3.05) is 16.3 Å². The molecule has 0 unspecified atom stereocenters. The van der Waals surface area contributed by atoms with Gasteiger partial charge < -0.3 is 16.3 Å². The van der Waals surface area contributed by atoms with Crippen LogP contribution in [0.5, 0.6) is 0 Å². The van der Waals surface area contributed by atoms with Crippen LogP contribution in [0.4, 0.5) is 17.1 Å². The third kappa shape index (κ3) is 5.61. The van der Waals surface area contributed by atoms with Crippen LogP contribution in [-0.2, 0) is 4.57 Å². The first-order valence-corrected chi connectivity index (χ1v) is 9.79. The van der Waals surface area contributed by atoms with Gasteiger partial charge in [-0.05, 0) is 36.4 Å². The molecule has 0 fully saturated rings.